The Hall–Kier alpha value is -2.72. The molecule has 4 rings (SSSR count). The lowest BCUT2D eigenvalue weighted by molar-refractivity contribution is -0.137. The summed E-state index contributed by atoms with van der Waals surface area (Å²) in [6.07, 6.45) is -2.58. The molecule has 0 spiro atoms. The number of nitrogens with one attached hydrogen (secondary N) is 1. The van der Waals surface area contributed by atoms with Gasteiger partial charge in [0.15, 0.2) is 0 Å². The molecule has 0 radical (unpaired) electrons. The van der Waals surface area contributed by atoms with Crippen molar-refractivity contribution in [3.8, 4) is 0 Å². The Labute approximate surface area is 202 Å². The van der Waals surface area contributed by atoms with Gasteiger partial charge in [-0.1, -0.05) is 11.6 Å². The van der Waals surface area contributed by atoms with Crippen molar-refractivity contribution in [2.24, 2.45) is 0 Å². The van der Waals surface area contributed by atoms with Crippen LogP contribution in [0.1, 0.15) is 12.0 Å². The van der Waals surface area contributed by atoms with Crippen molar-refractivity contribution in [3.63, 3.8) is 0 Å². The predicted molar refractivity (Wildman–Crippen MR) is 128 cm³/mol. The zero-order valence-electron chi connectivity index (χ0n) is 19.1. The molecule has 1 unspecified atom stereocenters. The molecule has 184 valence electrons. The SMILES string of the molecule is CN(C)C1CCN(c2ccc(NC(=O)N3CCN(c4ncc(C(F)(F)F)cc4Cl)CC3)cc2)C1. The fraction of sp³-hybridized carbons (Fsp3) is 0.478. The smallest absolute Gasteiger partial charge is 0.370 e. The normalized spacial score (nSPS) is 19.1. The first-order chi connectivity index (χ1) is 16.1. The van der Waals surface area contributed by atoms with Crippen LogP contribution in [0.5, 0.6) is 0 Å². The van der Waals surface area contributed by atoms with Crippen LogP contribution in [0.3, 0.4) is 0 Å². The minimum atomic E-state index is -4.49. The molecule has 0 aliphatic carbocycles. The molecule has 1 atom stereocenters. The monoisotopic (exact) mass is 496 g/mol. The van der Waals surface area contributed by atoms with Crippen molar-refractivity contribution in [2.45, 2.75) is 18.6 Å². The molecule has 3 heterocycles. The summed E-state index contributed by atoms with van der Waals surface area (Å²) in [5.41, 5.74) is 0.969. The number of rotatable bonds is 4. The number of hydrogen-bond acceptors (Lipinski definition) is 5. The van der Waals surface area contributed by atoms with Gasteiger partial charge >= 0.3 is 12.2 Å². The van der Waals surface area contributed by atoms with Crippen molar-refractivity contribution >= 4 is 34.8 Å². The summed E-state index contributed by atoms with van der Waals surface area (Å²) in [5.74, 6) is 0.295. The number of urea groups is 1. The zero-order valence-corrected chi connectivity index (χ0v) is 19.9. The fourth-order valence-corrected chi connectivity index (χ4v) is 4.58. The van der Waals surface area contributed by atoms with Gasteiger partial charge in [-0.15, -0.1) is 0 Å². The van der Waals surface area contributed by atoms with Crippen LogP contribution in [0, 0.1) is 0 Å². The summed E-state index contributed by atoms with van der Waals surface area (Å²) in [6.45, 7) is 3.65. The van der Waals surface area contributed by atoms with Gasteiger partial charge in [0.25, 0.3) is 0 Å². The minimum absolute atomic E-state index is 0.0530. The van der Waals surface area contributed by atoms with Crippen LogP contribution in [0.2, 0.25) is 5.02 Å². The molecule has 1 N–H and O–H groups in total. The van der Waals surface area contributed by atoms with E-state index in [2.05, 4.69) is 34.2 Å². The number of carbonyl (C=O) groups is 1. The van der Waals surface area contributed by atoms with Crippen molar-refractivity contribution in [2.75, 3.05) is 68.5 Å². The van der Waals surface area contributed by atoms with Crippen LogP contribution in [0.4, 0.5) is 35.2 Å². The summed E-state index contributed by atoms with van der Waals surface area (Å²) in [5, 5.41) is 2.87. The Kier molecular flexibility index (Phi) is 7.09. The van der Waals surface area contributed by atoms with Gasteiger partial charge in [0.1, 0.15) is 5.82 Å². The van der Waals surface area contributed by atoms with Crippen LogP contribution >= 0.6 is 11.6 Å². The quantitative estimate of drug-likeness (QED) is 0.686. The second kappa shape index (κ2) is 9.87. The van der Waals surface area contributed by atoms with Crippen molar-refractivity contribution < 1.29 is 18.0 Å². The van der Waals surface area contributed by atoms with Crippen LogP contribution < -0.4 is 15.1 Å². The predicted octanol–water partition coefficient (Wildman–Crippen LogP) is 4.25. The molecule has 11 heteroatoms. The Morgan fingerprint density at radius 1 is 1.09 bits per heavy atom. The number of nitrogens with zero attached hydrogens (tertiary/aromatic N) is 5. The van der Waals surface area contributed by atoms with E-state index in [1.165, 1.54) is 0 Å². The molecule has 0 bridgehead atoms. The first-order valence-electron chi connectivity index (χ1n) is 11.2. The summed E-state index contributed by atoms with van der Waals surface area (Å²) in [4.78, 5) is 24.7. The summed E-state index contributed by atoms with van der Waals surface area (Å²) < 4.78 is 38.5. The Morgan fingerprint density at radius 3 is 2.32 bits per heavy atom. The van der Waals surface area contributed by atoms with Gasteiger partial charge in [0.2, 0.25) is 0 Å². The number of halogens is 4. The van der Waals surface area contributed by atoms with Gasteiger partial charge in [0.05, 0.1) is 10.6 Å². The summed E-state index contributed by atoms with van der Waals surface area (Å²) >= 11 is 6.06. The first-order valence-corrected chi connectivity index (χ1v) is 11.5. The van der Waals surface area contributed by atoms with Gasteiger partial charge in [0, 0.05) is 62.9 Å². The van der Waals surface area contributed by atoms with Crippen molar-refractivity contribution in [1.29, 1.82) is 0 Å². The average molecular weight is 497 g/mol. The van der Waals surface area contributed by atoms with Gasteiger partial charge in [-0.2, -0.15) is 13.2 Å². The first kappa shape index (κ1) is 24.4. The average Bonchev–Trinajstić information content (AvgIpc) is 3.30. The third kappa shape index (κ3) is 5.50. The number of carbonyl (C=O) groups excluding carboxylic acids is 1. The molecular formula is C23H28ClF3N6O. The summed E-state index contributed by atoms with van der Waals surface area (Å²) in [7, 11) is 4.20. The molecule has 2 saturated heterocycles. The third-order valence-electron chi connectivity index (χ3n) is 6.39. The number of anilines is 3. The molecule has 0 saturated carbocycles. The minimum Gasteiger partial charge on any atom is -0.370 e. The third-order valence-corrected chi connectivity index (χ3v) is 6.67. The van der Waals surface area contributed by atoms with E-state index in [0.29, 0.717) is 43.7 Å². The van der Waals surface area contributed by atoms with E-state index in [0.717, 1.165) is 37.5 Å². The molecule has 1 aromatic carbocycles. The highest BCUT2D eigenvalue weighted by atomic mass is 35.5. The van der Waals surface area contributed by atoms with Gasteiger partial charge < -0.3 is 24.9 Å². The molecule has 2 fully saturated rings. The van der Waals surface area contributed by atoms with E-state index in [4.69, 9.17) is 11.6 Å². The molecule has 7 nitrogen and oxygen atoms in total. The fourth-order valence-electron chi connectivity index (χ4n) is 4.30. The zero-order chi connectivity index (χ0) is 24.5. The lowest BCUT2D eigenvalue weighted by Gasteiger charge is -2.35. The number of hydrogen-bond donors (Lipinski definition) is 1. The number of aromatic nitrogens is 1. The highest BCUT2D eigenvalue weighted by Gasteiger charge is 2.32. The van der Waals surface area contributed by atoms with Gasteiger partial charge in [-0.05, 0) is 50.8 Å². The molecule has 2 aliphatic rings. The van der Waals surface area contributed by atoms with E-state index < -0.39 is 11.7 Å². The maximum atomic E-state index is 12.8. The largest absolute Gasteiger partial charge is 0.417 e. The maximum Gasteiger partial charge on any atom is 0.417 e. The van der Waals surface area contributed by atoms with E-state index in [1.54, 1.807) is 9.80 Å². The Bertz CT molecular complexity index is 1010. The highest BCUT2D eigenvalue weighted by molar-refractivity contribution is 6.33. The Balaban J connectivity index is 1.29. The van der Waals surface area contributed by atoms with Crippen molar-refractivity contribution in [1.82, 2.24) is 14.8 Å². The summed E-state index contributed by atoms with van der Waals surface area (Å²) in [6, 6.07) is 9.05. The molecule has 2 aliphatic heterocycles. The second-order valence-corrected chi connectivity index (χ2v) is 9.24. The van der Waals surface area contributed by atoms with Crippen LogP contribution in [-0.2, 0) is 6.18 Å². The van der Waals surface area contributed by atoms with Gasteiger partial charge in [-0.3, -0.25) is 0 Å². The van der Waals surface area contributed by atoms with Crippen LogP contribution in [0.15, 0.2) is 36.5 Å². The van der Waals surface area contributed by atoms with Crippen LogP contribution in [-0.4, -0.2) is 80.2 Å². The topological polar surface area (TPSA) is 55.0 Å². The van der Waals surface area contributed by atoms with Crippen LogP contribution in [0.25, 0.3) is 0 Å². The maximum absolute atomic E-state index is 12.8. The molecule has 2 aromatic rings. The second-order valence-electron chi connectivity index (χ2n) is 8.83. The van der Waals surface area contributed by atoms with Gasteiger partial charge in [-0.25, -0.2) is 9.78 Å². The number of pyridine rings is 1. The number of piperazine rings is 1. The standard InChI is InChI=1S/C23H28ClF3N6O/c1-30(2)19-7-8-33(15-19)18-5-3-17(4-6-18)29-22(34)32-11-9-31(10-12-32)21-20(24)13-16(14-28-21)23(25,26)27/h3-6,13-14,19H,7-12,15H2,1-2H3,(H,29,34). The highest BCUT2D eigenvalue weighted by Crippen LogP contribution is 2.33. The van der Waals surface area contributed by atoms with E-state index in [-0.39, 0.29) is 11.1 Å². The van der Waals surface area contributed by atoms with Crippen molar-refractivity contribution in [3.05, 3.63) is 47.1 Å². The number of benzene rings is 1. The molecular weight excluding hydrogens is 469 g/mol. The molecule has 2 amide bonds. The number of likely N-dealkylation sites (N-methyl/N-ethyl adjacent to an activating group) is 1. The lowest BCUT2D eigenvalue weighted by atomic mass is 10.2. The van der Waals surface area contributed by atoms with E-state index in [9.17, 15) is 18.0 Å². The van der Waals surface area contributed by atoms with E-state index >= 15 is 0 Å². The number of alkyl halides is 3. The van der Waals surface area contributed by atoms with E-state index in [1.807, 2.05) is 24.3 Å². The Morgan fingerprint density at radius 2 is 1.76 bits per heavy atom. The number of amides is 2. The lowest BCUT2D eigenvalue weighted by Crippen LogP contribution is -2.50. The molecule has 34 heavy (non-hydrogen) atoms. The molecule has 1 aromatic heterocycles.